The largest absolute Gasteiger partial charge is 0.480 e. The van der Waals surface area contributed by atoms with Crippen LogP contribution in [0.5, 0.6) is 0 Å². The van der Waals surface area contributed by atoms with Gasteiger partial charge in [0.2, 0.25) is 0 Å². The van der Waals surface area contributed by atoms with Crippen LogP contribution in [0.1, 0.15) is 46.0 Å². The zero-order valence-electron chi connectivity index (χ0n) is 9.88. The molecule has 2 amide bonds. The molecule has 0 bridgehead atoms. The molecule has 0 aromatic heterocycles. The molecule has 1 aliphatic rings. The predicted octanol–water partition coefficient (Wildman–Crippen LogP) is 1.48. The summed E-state index contributed by atoms with van der Waals surface area (Å²) in [4.78, 5) is 22.3. The van der Waals surface area contributed by atoms with Gasteiger partial charge in [-0.15, -0.1) is 0 Å². The number of carbonyl (C=O) groups excluding carboxylic acids is 1. The molecule has 1 aliphatic carbocycles. The van der Waals surface area contributed by atoms with Crippen molar-refractivity contribution in [1.82, 2.24) is 10.6 Å². The molecule has 1 fully saturated rings. The van der Waals surface area contributed by atoms with Gasteiger partial charge in [0, 0.05) is 5.54 Å². The normalized spacial score (nSPS) is 19.4. The van der Waals surface area contributed by atoms with Crippen molar-refractivity contribution >= 4 is 12.0 Å². The summed E-state index contributed by atoms with van der Waals surface area (Å²) in [6.07, 6.45) is 4.39. The van der Waals surface area contributed by atoms with Gasteiger partial charge in [-0.3, -0.25) is 0 Å². The number of hydrogen-bond acceptors (Lipinski definition) is 2. The maximum atomic E-state index is 11.6. The minimum absolute atomic E-state index is 0.0964. The highest BCUT2D eigenvalue weighted by Gasteiger charge is 2.36. The van der Waals surface area contributed by atoms with E-state index < -0.39 is 12.0 Å². The van der Waals surface area contributed by atoms with Crippen LogP contribution in [0.4, 0.5) is 4.79 Å². The Morgan fingerprint density at radius 2 is 2.00 bits per heavy atom. The molecule has 3 N–H and O–H groups in total. The molecule has 0 heterocycles. The fourth-order valence-electron chi connectivity index (χ4n) is 1.94. The summed E-state index contributed by atoms with van der Waals surface area (Å²) < 4.78 is 0. The maximum absolute atomic E-state index is 11.6. The first-order valence-corrected chi connectivity index (χ1v) is 5.84. The minimum Gasteiger partial charge on any atom is -0.480 e. The van der Waals surface area contributed by atoms with E-state index in [1.807, 2.05) is 6.92 Å². The molecule has 1 atom stereocenters. The number of urea groups is 1. The molecule has 92 valence electrons. The van der Waals surface area contributed by atoms with E-state index >= 15 is 0 Å². The quantitative estimate of drug-likeness (QED) is 0.667. The maximum Gasteiger partial charge on any atom is 0.326 e. The molecule has 5 heteroatoms. The third kappa shape index (κ3) is 2.87. The lowest BCUT2D eigenvalue weighted by molar-refractivity contribution is -0.139. The van der Waals surface area contributed by atoms with E-state index in [9.17, 15) is 9.59 Å². The van der Waals surface area contributed by atoms with Crippen LogP contribution in [0.15, 0.2) is 0 Å². The van der Waals surface area contributed by atoms with E-state index in [2.05, 4.69) is 10.6 Å². The minimum atomic E-state index is -0.989. The van der Waals surface area contributed by atoms with Gasteiger partial charge in [-0.25, -0.2) is 9.59 Å². The zero-order chi connectivity index (χ0) is 12.2. The number of carbonyl (C=O) groups is 2. The molecule has 1 saturated carbocycles. The van der Waals surface area contributed by atoms with Crippen LogP contribution in [0.3, 0.4) is 0 Å². The third-order valence-corrected chi connectivity index (χ3v) is 3.38. The van der Waals surface area contributed by atoms with E-state index in [1.54, 1.807) is 6.92 Å². The molecule has 0 aromatic carbocycles. The first-order valence-electron chi connectivity index (χ1n) is 5.84. The van der Waals surface area contributed by atoms with Gasteiger partial charge in [0.15, 0.2) is 0 Å². The van der Waals surface area contributed by atoms with Crippen molar-refractivity contribution in [2.24, 2.45) is 0 Å². The monoisotopic (exact) mass is 228 g/mol. The number of nitrogens with one attached hydrogen (secondary N) is 2. The number of aliphatic carboxylic acids is 1. The number of amides is 2. The molecule has 0 aromatic rings. The number of hydrogen-bond donors (Lipinski definition) is 3. The van der Waals surface area contributed by atoms with Crippen molar-refractivity contribution in [1.29, 1.82) is 0 Å². The lowest BCUT2D eigenvalue weighted by Crippen LogP contribution is -2.58. The van der Waals surface area contributed by atoms with Crippen LogP contribution in [0, 0.1) is 0 Å². The molecular formula is C11H20N2O3. The Balaban J connectivity index is 2.43. The molecule has 0 aliphatic heterocycles. The van der Waals surface area contributed by atoms with Crippen molar-refractivity contribution in [2.75, 3.05) is 0 Å². The highest BCUT2D eigenvalue weighted by atomic mass is 16.4. The van der Waals surface area contributed by atoms with Crippen molar-refractivity contribution in [3.05, 3.63) is 0 Å². The van der Waals surface area contributed by atoms with E-state index in [4.69, 9.17) is 5.11 Å². The average Bonchev–Trinajstić information content (AvgIpc) is 2.19. The molecule has 5 nitrogen and oxygen atoms in total. The van der Waals surface area contributed by atoms with E-state index in [1.165, 1.54) is 0 Å². The Kier molecular flexibility index (Phi) is 4.15. The Morgan fingerprint density at radius 3 is 2.31 bits per heavy atom. The van der Waals surface area contributed by atoms with Gasteiger partial charge in [-0.1, -0.05) is 13.8 Å². The van der Waals surface area contributed by atoms with Crippen LogP contribution in [0.2, 0.25) is 0 Å². The molecule has 0 radical (unpaired) electrons. The lowest BCUT2D eigenvalue weighted by Gasteiger charge is -2.42. The van der Waals surface area contributed by atoms with E-state index in [0.29, 0.717) is 6.42 Å². The lowest BCUT2D eigenvalue weighted by atomic mass is 9.75. The van der Waals surface area contributed by atoms with Crippen molar-refractivity contribution in [3.8, 4) is 0 Å². The van der Waals surface area contributed by atoms with Crippen LogP contribution >= 0.6 is 0 Å². The first kappa shape index (κ1) is 12.8. The van der Waals surface area contributed by atoms with Crippen molar-refractivity contribution < 1.29 is 14.7 Å². The van der Waals surface area contributed by atoms with Gasteiger partial charge in [0.25, 0.3) is 0 Å². The molecule has 0 saturated heterocycles. The third-order valence-electron chi connectivity index (χ3n) is 3.38. The Bertz CT molecular complexity index is 269. The summed E-state index contributed by atoms with van der Waals surface area (Å²) in [5.74, 6) is -0.989. The van der Waals surface area contributed by atoms with Gasteiger partial charge in [0.05, 0.1) is 0 Å². The van der Waals surface area contributed by atoms with Crippen LogP contribution < -0.4 is 10.6 Å². The van der Waals surface area contributed by atoms with Gasteiger partial charge < -0.3 is 15.7 Å². The van der Waals surface area contributed by atoms with Gasteiger partial charge >= 0.3 is 12.0 Å². The molecule has 0 unspecified atom stereocenters. The van der Waals surface area contributed by atoms with E-state index in [-0.39, 0.29) is 11.6 Å². The SMILES string of the molecule is CC[C@@H](NC(=O)NC1(CC)CCC1)C(=O)O. The second-order valence-corrected chi connectivity index (χ2v) is 4.38. The first-order chi connectivity index (χ1) is 7.53. The topological polar surface area (TPSA) is 78.4 Å². The highest BCUT2D eigenvalue weighted by Crippen LogP contribution is 2.34. The summed E-state index contributed by atoms with van der Waals surface area (Å²) in [7, 11) is 0. The summed E-state index contributed by atoms with van der Waals surface area (Å²) >= 11 is 0. The molecule has 16 heavy (non-hydrogen) atoms. The second kappa shape index (κ2) is 5.18. The summed E-state index contributed by atoms with van der Waals surface area (Å²) in [6.45, 7) is 3.77. The summed E-state index contributed by atoms with van der Waals surface area (Å²) in [5, 5.41) is 14.2. The zero-order valence-corrected chi connectivity index (χ0v) is 9.88. The smallest absolute Gasteiger partial charge is 0.326 e. The number of carboxylic acid groups (broad SMARTS) is 1. The summed E-state index contributed by atoms with van der Waals surface area (Å²) in [5.41, 5.74) is -0.0964. The van der Waals surface area contributed by atoms with Gasteiger partial charge in [-0.05, 0) is 32.1 Å². The average molecular weight is 228 g/mol. The summed E-state index contributed by atoms with van der Waals surface area (Å²) in [6, 6.07) is -1.16. The Morgan fingerprint density at radius 1 is 1.38 bits per heavy atom. The van der Waals surface area contributed by atoms with E-state index in [0.717, 1.165) is 25.7 Å². The fraction of sp³-hybridized carbons (Fsp3) is 0.818. The van der Waals surface area contributed by atoms with Crippen LogP contribution in [-0.4, -0.2) is 28.7 Å². The predicted molar refractivity (Wildman–Crippen MR) is 60.3 cm³/mol. The van der Waals surface area contributed by atoms with Crippen LogP contribution in [0.25, 0.3) is 0 Å². The fourth-order valence-corrected chi connectivity index (χ4v) is 1.94. The number of rotatable bonds is 5. The van der Waals surface area contributed by atoms with Gasteiger partial charge in [0.1, 0.15) is 6.04 Å². The highest BCUT2D eigenvalue weighted by molar-refractivity contribution is 5.82. The Hall–Kier alpha value is -1.26. The molecular weight excluding hydrogens is 208 g/mol. The standard InChI is InChI=1S/C11H20N2O3/c1-3-8(9(14)15)12-10(16)13-11(4-2)6-5-7-11/h8H,3-7H2,1-2H3,(H,14,15)(H2,12,13,16)/t8-/m1/s1. The number of carboxylic acids is 1. The van der Waals surface area contributed by atoms with Crippen molar-refractivity contribution in [3.63, 3.8) is 0 Å². The Labute approximate surface area is 95.6 Å². The molecule has 0 spiro atoms. The second-order valence-electron chi connectivity index (χ2n) is 4.38. The van der Waals surface area contributed by atoms with Crippen LogP contribution in [-0.2, 0) is 4.79 Å². The van der Waals surface area contributed by atoms with Crippen molar-refractivity contribution in [2.45, 2.75) is 57.5 Å². The molecule has 1 rings (SSSR count). The van der Waals surface area contributed by atoms with Gasteiger partial charge in [-0.2, -0.15) is 0 Å².